The molecule has 0 saturated heterocycles. The van der Waals surface area contributed by atoms with E-state index in [9.17, 15) is 19.5 Å². The highest BCUT2D eigenvalue weighted by Crippen LogP contribution is 2.13. The quantitative estimate of drug-likeness (QED) is 0.598. The molecule has 0 aliphatic rings. The number of amides is 3. The van der Waals surface area contributed by atoms with Crippen molar-refractivity contribution in [3.63, 3.8) is 0 Å². The van der Waals surface area contributed by atoms with E-state index in [1.54, 1.807) is 31.2 Å². The lowest BCUT2D eigenvalue weighted by molar-refractivity contribution is -0.140. The summed E-state index contributed by atoms with van der Waals surface area (Å²) in [6.07, 6.45) is 0.636. The molecule has 0 radical (unpaired) electrons. The SMILES string of the molecule is CC[C@H](C)[C@H](NC(=O)c1ccc(NC(=O)Nc2ccccc2)cc1)C(=O)O. The van der Waals surface area contributed by atoms with E-state index < -0.39 is 23.9 Å². The molecule has 3 amide bonds. The summed E-state index contributed by atoms with van der Waals surface area (Å²) in [5.41, 5.74) is 1.49. The highest BCUT2D eigenvalue weighted by atomic mass is 16.4. The van der Waals surface area contributed by atoms with Crippen LogP contribution in [0.15, 0.2) is 54.6 Å². The van der Waals surface area contributed by atoms with E-state index in [0.717, 1.165) is 0 Å². The van der Waals surface area contributed by atoms with E-state index in [1.807, 2.05) is 25.1 Å². The summed E-state index contributed by atoms with van der Waals surface area (Å²) >= 11 is 0. The van der Waals surface area contributed by atoms with E-state index >= 15 is 0 Å². The maximum atomic E-state index is 12.3. The predicted octanol–water partition coefficient (Wildman–Crippen LogP) is 3.56. The van der Waals surface area contributed by atoms with Gasteiger partial charge >= 0.3 is 12.0 Å². The molecule has 2 aromatic carbocycles. The van der Waals surface area contributed by atoms with Crippen molar-refractivity contribution in [1.82, 2.24) is 5.32 Å². The van der Waals surface area contributed by atoms with Crippen molar-refractivity contribution in [3.8, 4) is 0 Å². The minimum atomic E-state index is -1.06. The van der Waals surface area contributed by atoms with Crippen LogP contribution in [-0.2, 0) is 4.79 Å². The second-order valence-electron chi connectivity index (χ2n) is 6.20. The molecule has 7 nitrogen and oxygen atoms in total. The molecule has 2 rings (SSSR count). The third-order valence-corrected chi connectivity index (χ3v) is 4.20. The maximum Gasteiger partial charge on any atom is 0.326 e. The number of para-hydroxylation sites is 1. The van der Waals surface area contributed by atoms with E-state index in [2.05, 4.69) is 16.0 Å². The van der Waals surface area contributed by atoms with Crippen LogP contribution in [0.5, 0.6) is 0 Å². The second-order valence-corrected chi connectivity index (χ2v) is 6.20. The lowest BCUT2D eigenvalue weighted by Gasteiger charge is -2.20. The molecule has 0 saturated carbocycles. The van der Waals surface area contributed by atoms with Crippen LogP contribution in [0.1, 0.15) is 30.6 Å². The smallest absolute Gasteiger partial charge is 0.326 e. The topological polar surface area (TPSA) is 108 Å². The molecule has 0 heterocycles. The van der Waals surface area contributed by atoms with Crippen molar-refractivity contribution in [1.29, 1.82) is 0 Å². The predicted molar refractivity (Wildman–Crippen MR) is 104 cm³/mol. The molecule has 0 fully saturated rings. The van der Waals surface area contributed by atoms with Crippen LogP contribution in [0.2, 0.25) is 0 Å². The fourth-order valence-electron chi connectivity index (χ4n) is 2.43. The number of carbonyl (C=O) groups excluding carboxylic acids is 2. The van der Waals surface area contributed by atoms with Crippen LogP contribution >= 0.6 is 0 Å². The first-order chi connectivity index (χ1) is 12.9. The van der Waals surface area contributed by atoms with Gasteiger partial charge in [-0.3, -0.25) is 4.79 Å². The largest absolute Gasteiger partial charge is 0.480 e. The Morgan fingerprint density at radius 3 is 2.00 bits per heavy atom. The van der Waals surface area contributed by atoms with Crippen molar-refractivity contribution in [2.24, 2.45) is 5.92 Å². The number of hydrogen-bond donors (Lipinski definition) is 4. The Labute approximate surface area is 157 Å². The van der Waals surface area contributed by atoms with E-state index in [1.165, 1.54) is 12.1 Å². The van der Waals surface area contributed by atoms with Gasteiger partial charge in [0.15, 0.2) is 0 Å². The number of aliphatic carboxylic acids is 1. The van der Waals surface area contributed by atoms with Gasteiger partial charge in [-0.05, 0) is 42.3 Å². The lowest BCUT2D eigenvalue weighted by atomic mass is 9.99. The van der Waals surface area contributed by atoms with Gasteiger partial charge in [0.05, 0.1) is 0 Å². The number of rotatable bonds is 7. The van der Waals surface area contributed by atoms with Gasteiger partial charge in [0.25, 0.3) is 5.91 Å². The van der Waals surface area contributed by atoms with Gasteiger partial charge in [-0.1, -0.05) is 38.5 Å². The zero-order valence-electron chi connectivity index (χ0n) is 15.2. The summed E-state index contributed by atoms with van der Waals surface area (Å²) in [4.78, 5) is 35.6. The van der Waals surface area contributed by atoms with Crippen molar-refractivity contribution < 1.29 is 19.5 Å². The van der Waals surface area contributed by atoms with Crippen LogP contribution in [0.3, 0.4) is 0 Å². The normalized spacial score (nSPS) is 12.5. The summed E-state index contributed by atoms with van der Waals surface area (Å²) in [6.45, 7) is 3.64. The Hall–Kier alpha value is -3.35. The first-order valence-corrected chi connectivity index (χ1v) is 8.67. The molecule has 2 aromatic rings. The molecule has 0 aliphatic heterocycles. The van der Waals surface area contributed by atoms with Crippen LogP contribution in [0, 0.1) is 5.92 Å². The molecule has 7 heteroatoms. The summed E-state index contributed by atoms with van der Waals surface area (Å²) < 4.78 is 0. The van der Waals surface area contributed by atoms with Crippen molar-refractivity contribution >= 4 is 29.3 Å². The van der Waals surface area contributed by atoms with Gasteiger partial charge in [0.1, 0.15) is 6.04 Å². The van der Waals surface area contributed by atoms with Crippen LogP contribution in [0.25, 0.3) is 0 Å². The number of hydrogen-bond acceptors (Lipinski definition) is 3. The van der Waals surface area contributed by atoms with Crippen LogP contribution in [-0.4, -0.2) is 29.1 Å². The molecular formula is C20H23N3O4. The van der Waals surface area contributed by atoms with Gasteiger partial charge in [-0.25, -0.2) is 9.59 Å². The average molecular weight is 369 g/mol. The number of carbonyl (C=O) groups is 3. The molecule has 4 N–H and O–H groups in total. The van der Waals surface area contributed by atoms with Crippen molar-refractivity contribution in [2.75, 3.05) is 10.6 Å². The Morgan fingerprint density at radius 2 is 1.48 bits per heavy atom. The molecule has 0 unspecified atom stereocenters. The maximum absolute atomic E-state index is 12.3. The number of urea groups is 1. The molecule has 0 bridgehead atoms. The Balaban J connectivity index is 1.96. The van der Waals surface area contributed by atoms with Crippen molar-refractivity contribution in [2.45, 2.75) is 26.3 Å². The average Bonchev–Trinajstić information content (AvgIpc) is 2.66. The number of nitrogens with one attached hydrogen (secondary N) is 3. The third-order valence-electron chi connectivity index (χ3n) is 4.20. The Kier molecular flexibility index (Phi) is 6.93. The highest BCUT2D eigenvalue weighted by Gasteiger charge is 2.25. The number of carboxylic acids is 1. The zero-order valence-corrected chi connectivity index (χ0v) is 15.2. The van der Waals surface area contributed by atoms with Crippen molar-refractivity contribution in [3.05, 3.63) is 60.2 Å². The number of benzene rings is 2. The minimum absolute atomic E-state index is 0.186. The first-order valence-electron chi connectivity index (χ1n) is 8.67. The van der Waals surface area contributed by atoms with Gasteiger partial charge < -0.3 is 21.1 Å². The fraction of sp³-hybridized carbons (Fsp3) is 0.250. The summed E-state index contributed by atoms with van der Waals surface area (Å²) in [5, 5.41) is 17.2. The van der Waals surface area contributed by atoms with Gasteiger partial charge in [0.2, 0.25) is 0 Å². The third kappa shape index (κ3) is 5.85. The Bertz CT molecular complexity index is 791. The second kappa shape index (κ2) is 9.38. The minimum Gasteiger partial charge on any atom is -0.480 e. The van der Waals surface area contributed by atoms with Crippen LogP contribution in [0.4, 0.5) is 16.2 Å². The fourth-order valence-corrected chi connectivity index (χ4v) is 2.43. The van der Waals surface area contributed by atoms with E-state index in [4.69, 9.17) is 0 Å². The monoisotopic (exact) mass is 369 g/mol. The highest BCUT2D eigenvalue weighted by molar-refractivity contribution is 6.00. The molecule has 0 aromatic heterocycles. The van der Waals surface area contributed by atoms with Gasteiger partial charge in [0, 0.05) is 16.9 Å². The molecule has 142 valence electrons. The summed E-state index contributed by atoms with van der Waals surface area (Å²) in [5.74, 6) is -1.72. The molecule has 0 aliphatic carbocycles. The van der Waals surface area contributed by atoms with Gasteiger partial charge in [-0.2, -0.15) is 0 Å². The molecule has 2 atom stereocenters. The van der Waals surface area contributed by atoms with E-state index in [-0.39, 0.29) is 5.92 Å². The zero-order chi connectivity index (χ0) is 19.8. The molecular weight excluding hydrogens is 346 g/mol. The first kappa shape index (κ1) is 20.0. The molecule has 27 heavy (non-hydrogen) atoms. The van der Waals surface area contributed by atoms with Crippen LogP contribution < -0.4 is 16.0 Å². The van der Waals surface area contributed by atoms with Gasteiger partial charge in [-0.15, -0.1) is 0 Å². The van der Waals surface area contributed by atoms with E-state index in [0.29, 0.717) is 23.4 Å². The Morgan fingerprint density at radius 1 is 0.926 bits per heavy atom. The lowest BCUT2D eigenvalue weighted by Crippen LogP contribution is -2.45. The standard InChI is InChI=1S/C20H23N3O4/c1-3-13(2)17(19(25)26)23-18(24)14-9-11-16(12-10-14)22-20(27)21-15-7-5-4-6-8-15/h4-13,17H,3H2,1-2H3,(H,23,24)(H,25,26)(H2,21,22,27)/t13-,17-/m0/s1. The summed E-state index contributed by atoms with van der Waals surface area (Å²) in [7, 11) is 0. The molecule has 0 spiro atoms. The summed E-state index contributed by atoms with van der Waals surface area (Å²) in [6, 6.07) is 13.9. The number of anilines is 2. The number of carboxylic acid groups (broad SMARTS) is 1.